The Balaban J connectivity index is 2.03. The number of fused-ring (bicyclic) bond motifs is 1. The van der Waals surface area contributed by atoms with Crippen molar-refractivity contribution < 1.29 is 18.7 Å². The summed E-state index contributed by atoms with van der Waals surface area (Å²) in [5.74, 6) is 0.766. The molecule has 0 radical (unpaired) electrons. The fourth-order valence-electron chi connectivity index (χ4n) is 3.05. The van der Waals surface area contributed by atoms with Gasteiger partial charge in [-0.3, -0.25) is 4.79 Å². The molecule has 1 aliphatic rings. The Hall–Kier alpha value is -2.76. The molecule has 1 N–H and O–H groups in total. The predicted molar refractivity (Wildman–Crippen MR) is 93.5 cm³/mol. The number of ether oxygens (including phenoxy) is 1. The standard InChI is InChI=1S/C19H22N2O4/c1-11(2)10-21-17(16-9-14(12(3)25-16)19(23)24-4)20-15-8-6-5-7-13(15)18(21)22/h5-9,11,17,20H,10H2,1-4H3. The number of rotatable bonds is 4. The van der Waals surface area contributed by atoms with E-state index in [1.54, 1.807) is 17.9 Å². The van der Waals surface area contributed by atoms with Crippen LogP contribution in [0.2, 0.25) is 0 Å². The van der Waals surface area contributed by atoms with E-state index < -0.39 is 12.1 Å². The SMILES string of the molecule is COC(=O)c1cc(C2Nc3ccccc3C(=O)N2CC(C)C)oc1C. The number of anilines is 1. The van der Waals surface area contributed by atoms with Crippen LogP contribution in [-0.4, -0.2) is 30.4 Å². The van der Waals surface area contributed by atoms with Crippen LogP contribution < -0.4 is 5.32 Å². The van der Waals surface area contributed by atoms with E-state index in [1.165, 1.54) is 7.11 Å². The Kier molecular flexibility index (Phi) is 4.53. The maximum absolute atomic E-state index is 13.0. The number of esters is 1. The van der Waals surface area contributed by atoms with Crippen LogP contribution in [0.25, 0.3) is 0 Å². The van der Waals surface area contributed by atoms with Crippen molar-refractivity contribution in [3.8, 4) is 0 Å². The van der Waals surface area contributed by atoms with Crippen molar-refractivity contribution in [2.24, 2.45) is 5.92 Å². The molecule has 6 nitrogen and oxygen atoms in total. The molecule has 2 aromatic rings. The molecule has 1 amide bonds. The summed E-state index contributed by atoms with van der Waals surface area (Å²) in [6.07, 6.45) is -0.470. The minimum atomic E-state index is -0.470. The largest absolute Gasteiger partial charge is 0.465 e. The molecule has 1 aliphatic heterocycles. The Bertz CT molecular complexity index is 810. The summed E-state index contributed by atoms with van der Waals surface area (Å²) in [5.41, 5.74) is 1.76. The van der Waals surface area contributed by atoms with Crippen LogP contribution in [0.3, 0.4) is 0 Å². The fourth-order valence-corrected chi connectivity index (χ4v) is 3.05. The second kappa shape index (κ2) is 6.63. The van der Waals surface area contributed by atoms with Crippen molar-refractivity contribution in [2.45, 2.75) is 26.9 Å². The number of aryl methyl sites for hydroxylation is 1. The summed E-state index contributed by atoms with van der Waals surface area (Å²) in [5, 5.41) is 3.36. The summed E-state index contributed by atoms with van der Waals surface area (Å²) in [6.45, 7) is 6.38. The number of amides is 1. The summed E-state index contributed by atoms with van der Waals surface area (Å²) in [6, 6.07) is 9.04. The summed E-state index contributed by atoms with van der Waals surface area (Å²) < 4.78 is 10.6. The highest BCUT2D eigenvalue weighted by molar-refractivity contribution is 6.01. The maximum atomic E-state index is 13.0. The highest BCUT2D eigenvalue weighted by Crippen LogP contribution is 2.35. The Morgan fingerprint density at radius 2 is 2.08 bits per heavy atom. The number of furan rings is 1. The normalized spacial score (nSPS) is 16.6. The second-order valence-corrected chi connectivity index (χ2v) is 6.55. The molecule has 1 atom stereocenters. The van der Waals surface area contributed by atoms with Crippen molar-refractivity contribution >= 4 is 17.6 Å². The number of benzene rings is 1. The topological polar surface area (TPSA) is 71.8 Å². The minimum absolute atomic E-state index is 0.0540. The molecule has 0 saturated carbocycles. The first-order valence-electron chi connectivity index (χ1n) is 8.27. The first-order chi connectivity index (χ1) is 11.9. The molecule has 0 bridgehead atoms. The maximum Gasteiger partial charge on any atom is 0.341 e. The van der Waals surface area contributed by atoms with E-state index in [2.05, 4.69) is 19.2 Å². The molecular formula is C19H22N2O4. The molecule has 0 spiro atoms. The number of carbonyl (C=O) groups excluding carboxylic acids is 2. The van der Waals surface area contributed by atoms with Crippen LogP contribution in [0.5, 0.6) is 0 Å². The van der Waals surface area contributed by atoms with Crippen LogP contribution in [0, 0.1) is 12.8 Å². The zero-order valence-corrected chi connectivity index (χ0v) is 14.8. The van der Waals surface area contributed by atoms with Crippen LogP contribution in [0.1, 0.15) is 52.2 Å². The van der Waals surface area contributed by atoms with E-state index in [1.807, 2.05) is 24.3 Å². The number of methoxy groups -OCH3 is 1. The van der Waals surface area contributed by atoms with Crippen molar-refractivity contribution in [3.05, 3.63) is 53.0 Å². The quantitative estimate of drug-likeness (QED) is 0.860. The lowest BCUT2D eigenvalue weighted by Gasteiger charge is -2.37. The van der Waals surface area contributed by atoms with Gasteiger partial charge in [-0.1, -0.05) is 26.0 Å². The molecule has 132 valence electrons. The average Bonchev–Trinajstić information content (AvgIpc) is 2.98. The van der Waals surface area contributed by atoms with Crippen LogP contribution >= 0.6 is 0 Å². The summed E-state index contributed by atoms with van der Waals surface area (Å²) in [7, 11) is 1.33. The number of para-hydroxylation sites is 1. The first-order valence-corrected chi connectivity index (χ1v) is 8.27. The van der Waals surface area contributed by atoms with Crippen LogP contribution in [0.15, 0.2) is 34.7 Å². The number of hydrogen-bond donors (Lipinski definition) is 1. The van der Waals surface area contributed by atoms with Gasteiger partial charge in [0.2, 0.25) is 0 Å². The molecule has 2 heterocycles. The third-order valence-electron chi connectivity index (χ3n) is 4.20. The van der Waals surface area contributed by atoms with E-state index in [-0.39, 0.29) is 11.8 Å². The number of nitrogens with one attached hydrogen (secondary N) is 1. The van der Waals surface area contributed by atoms with Crippen molar-refractivity contribution in [3.63, 3.8) is 0 Å². The van der Waals surface area contributed by atoms with Gasteiger partial charge >= 0.3 is 5.97 Å². The van der Waals surface area contributed by atoms with Gasteiger partial charge in [-0.05, 0) is 31.0 Å². The third-order valence-corrected chi connectivity index (χ3v) is 4.20. The Morgan fingerprint density at radius 3 is 2.76 bits per heavy atom. The first kappa shape index (κ1) is 17.1. The lowest BCUT2D eigenvalue weighted by atomic mass is 10.0. The van der Waals surface area contributed by atoms with Crippen molar-refractivity contribution in [2.75, 3.05) is 19.0 Å². The van der Waals surface area contributed by atoms with Crippen molar-refractivity contribution in [1.82, 2.24) is 4.90 Å². The van der Waals surface area contributed by atoms with E-state index in [0.717, 1.165) is 5.69 Å². The van der Waals surface area contributed by atoms with Crippen LogP contribution in [-0.2, 0) is 4.74 Å². The third kappa shape index (κ3) is 3.12. The molecule has 1 unspecified atom stereocenters. The van der Waals surface area contributed by atoms with Crippen LogP contribution in [0.4, 0.5) is 5.69 Å². The second-order valence-electron chi connectivity index (χ2n) is 6.55. The molecule has 0 aliphatic carbocycles. The summed E-state index contributed by atoms with van der Waals surface area (Å²) in [4.78, 5) is 26.6. The van der Waals surface area contributed by atoms with E-state index >= 15 is 0 Å². The van der Waals surface area contributed by atoms with E-state index in [9.17, 15) is 9.59 Å². The smallest absolute Gasteiger partial charge is 0.341 e. The minimum Gasteiger partial charge on any atom is -0.465 e. The predicted octanol–water partition coefficient (Wildman–Crippen LogP) is 3.60. The fraction of sp³-hybridized carbons (Fsp3) is 0.368. The molecule has 3 rings (SSSR count). The molecule has 6 heteroatoms. The monoisotopic (exact) mass is 342 g/mol. The van der Waals surface area contributed by atoms with Gasteiger partial charge in [-0.15, -0.1) is 0 Å². The zero-order valence-electron chi connectivity index (χ0n) is 14.8. The van der Waals surface area contributed by atoms with Gasteiger partial charge in [0.1, 0.15) is 17.1 Å². The van der Waals surface area contributed by atoms with Gasteiger partial charge in [-0.2, -0.15) is 0 Å². The van der Waals surface area contributed by atoms with E-state index in [0.29, 0.717) is 29.2 Å². The number of carbonyl (C=O) groups is 2. The van der Waals surface area contributed by atoms with Gasteiger partial charge in [0.15, 0.2) is 6.17 Å². The molecule has 1 aromatic carbocycles. The lowest BCUT2D eigenvalue weighted by Crippen LogP contribution is -2.44. The molecular weight excluding hydrogens is 320 g/mol. The molecule has 0 fully saturated rings. The van der Waals surface area contributed by atoms with Gasteiger partial charge < -0.3 is 19.4 Å². The van der Waals surface area contributed by atoms with E-state index in [4.69, 9.17) is 9.15 Å². The Morgan fingerprint density at radius 1 is 1.36 bits per heavy atom. The van der Waals surface area contributed by atoms with Gasteiger partial charge in [-0.25, -0.2) is 4.79 Å². The lowest BCUT2D eigenvalue weighted by molar-refractivity contribution is 0.0597. The number of nitrogens with zero attached hydrogens (tertiary/aromatic N) is 1. The van der Waals surface area contributed by atoms with Gasteiger partial charge in [0.05, 0.1) is 12.7 Å². The average molecular weight is 342 g/mol. The van der Waals surface area contributed by atoms with Gasteiger partial charge in [0, 0.05) is 12.2 Å². The van der Waals surface area contributed by atoms with Crippen molar-refractivity contribution in [1.29, 1.82) is 0 Å². The number of hydrogen-bond acceptors (Lipinski definition) is 5. The summed E-state index contributed by atoms with van der Waals surface area (Å²) >= 11 is 0. The highest BCUT2D eigenvalue weighted by Gasteiger charge is 2.35. The molecule has 1 aromatic heterocycles. The highest BCUT2D eigenvalue weighted by atomic mass is 16.5. The zero-order chi connectivity index (χ0) is 18.1. The Labute approximate surface area is 146 Å². The molecule has 0 saturated heterocycles. The van der Waals surface area contributed by atoms with Gasteiger partial charge in [0.25, 0.3) is 5.91 Å². The molecule has 25 heavy (non-hydrogen) atoms.